The van der Waals surface area contributed by atoms with E-state index in [9.17, 15) is 4.79 Å². The molecule has 0 radical (unpaired) electrons. The topological polar surface area (TPSA) is 35.5 Å². The first kappa shape index (κ1) is 20.4. The number of carbonyl (C=O) groups is 1. The van der Waals surface area contributed by atoms with Crippen LogP contribution < -0.4 is 0 Å². The first-order valence-corrected chi connectivity index (χ1v) is 10.6. The summed E-state index contributed by atoms with van der Waals surface area (Å²) in [6, 6.07) is 30.8. The molecule has 0 bridgehead atoms. The zero-order valence-corrected chi connectivity index (χ0v) is 17.5. The highest BCUT2D eigenvalue weighted by Gasteiger charge is 2.42. The van der Waals surface area contributed by atoms with Gasteiger partial charge in [-0.15, -0.1) is 0 Å². The Morgan fingerprint density at radius 1 is 0.833 bits per heavy atom. The largest absolute Gasteiger partial charge is 0.460 e. The van der Waals surface area contributed by atoms with Gasteiger partial charge in [-0.2, -0.15) is 0 Å². The highest BCUT2D eigenvalue weighted by atomic mass is 16.6. The Bertz CT molecular complexity index is 855. The molecule has 1 fully saturated rings. The number of hydrogen-bond acceptors (Lipinski definition) is 3. The van der Waals surface area contributed by atoms with Gasteiger partial charge in [0.2, 0.25) is 0 Å². The van der Waals surface area contributed by atoms with E-state index < -0.39 is 5.60 Å². The Morgan fingerprint density at radius 2 is 1.27 bits per heavy atom. The van der Waals surface area contributed by atoms with Crippen molar-refractivity contribution in [3.05, 3.63) is 108 Å². The van der Waals surface area contributed by atoms with Crippen LogP contribution in [0.2, 0.25) is 0 Å². The molecule has 4 rings (SSSR count). The van der Waals surface area contributed by atoms with Crippen LogP contribution in [0.3, 0.4) is 0 Å². The molecule has 154 valence electrons. The van der Waals surface area contributed by atoms with Gasteiger partial charge >= 0.3 is 5.97 Å². The van der Waals surface area contributed by atoms with Crippen LogP contribution in [0, 0.1) is 11.8 Å². The van der Waals surface area contributed by atoms with Crippen molar-refractivity contribution >= 4 is 5.97 Å². The molecule has 3 heteroatoms. The van der Waals surface area contributed by atoms with Gasteiger partial charge in [-0.05, 0) is 22.6 Å². The van der Waals surface area contributed by atoms with Crippen LogP contribution in [0.5, 0.6) is 0 Å². The lowest BCUT2D eigenvalue weighted by atomic mass is 9.80. The molecule has 3 nitrogen and oxygen atoms in total. The van der Waals surface area contributed by atoms with Crippen molar-refractivity contribution in [3.8, 4) is 0 Å². The second kappa shape index (κ2) is 8.85. The zero-order valence-electron chi connectivity index (χ0n) is 17.5. The number of cyclic esters (lactones) is 1. The van der Waals surface area contributed by atoms with Gasteiger partial charge in [0.25, 0.3) is 0 Å². The minimum Gasteiger partial charge on any atom is -0.460 e. The number of esters is 1. The minimum absolute atomic E-state index is 0.132. The molecule has 0 saturated carbocycles. The van der Waals surface area contributed by atoms with Gasteiger partial charge in [-0.3, -0.25) is 4.79 Å². The molecular formula is C27H28O3. The maximum absolute atomic E-state index is 12.0. The number of ether oxygens (including phenoxy) is 2. The van der Waals surface area contributed by atoms with E-state index in [1.165, 1.54) is 0 Å². The van der Waals surface area contributed by atoms with Crippen LogP contribution in [-0.4, -0.2) is 18.7 Å². The van der Waals surface area contributed by atoms with Gasteiger partial charge in [0.15, 0.2) is 0 Å². The molecule has 3 aromatic rings. The van der Waals surface area contributed by atoms with Crippen LogP contribution in [0.4, 0.5) is 0 Å². The second-order valence-corrected chi connectivity index (χ2v) is 8.23. The summed E-state index contributed by atoms with van der Waals surface area (Å²) in [5.74, 6) is 0.383. The summed E-state index contributed by atoms with van der Waals surface area (Å²) >= 11 is 0. The van der Waals surface area contributed by atoms with Crippen LogP contribution in [-0.2, 0) is 19.9 Å². The Hall–Kier alpha value is -2.91. The number of carbonyl (C=O) groups excluding carboxylic acids is 1. The lowest BCUT2D eigenvalue weighted by molar-refractivity contribution is -0.145. The Labute approximate surface area is 178 Å². The molecule has 0 N–H and O–H groups in total. The van der Waals surface area contributed by atoms with Crippen LogP contribution >= 0.6 is 0 Å². The van der Waals surface area contributed by atoms with Crippen molar-refractivity contribution in [2.75, 3.05) is 6.61 Å². The molecule has 30 heavy (non-hydrogen) atoms. The molecule has 1 heterocycles. The average molecular weight is 401 g/mol. The predicted octanol–water partition coefficient (Wildman–Crippen LogP) is 5.58. The molecule has 0 spiro atoms. The molecule has 0 amide bonds. The Balaban J connectivity index is 1.80. The van der Waals surface area contributed by atoms with E-state index >= 15 is 0 Å². The molecule has 0 unspecified atom stereocenters. The standard InChI is InChI=1S/C27H28O3/c1-20(2)24-18-26(28)30-25(24)19-29-27(21-12-6-3-7-13-21,22-14-8-4-9-15-22)23-16-10-5-11-17-23/h3-17,20,24-25H,18-19H2,1-2H3/t24-,25-/m1/s1. The summed E-state index contributed by atoms with van der Waals surface area (Å²) in [7, 11) is 0. The predicted molar refractivity (Wildman–Crippen MR) is 118 cm³/mol. The van der Waals surface area contributed by atoms with E-state index in [2.05, 4.69) is 50.2 Å². The van der Waals surface area contributed by atoms with Gasteiger partial charge in [-0.25, -0.2) is 0 Å². The van der Waals surface area contributed by atoms with Crippen LogP contribution in [0.25, 0.3) is 0 Å². The quantitative estimate of drug-likeness (QED) is 0.383. The van der Waals surface area contributed by atoms with Crippen LogP contribution in [0.15, 0.2) is 91.0 Å². The molecule has 2 atom stereocenters. The normalized spacial score (nSPS) is 19.1. The third-order valence-corrected chi connectivity index (χ3v) is 6.02. The van der Waals surface area contributed by atoms with Gasteiger partial charge in [0.1, 0.15) is 11.7 Å². The van der Waals surface area contributed by atoms with Crippen molar-refractivity contribution < 1.29 is 14.3 Å². The third-order valence-electron chi connectivity index (χ3n) is 6.02. The molecule has 3 aromatic carbocycles. The second-order valence-electron chi connectivity index (χ2n) is 8.23. The van der Waals surface area contributed by atoms with E-state index in [0.29, 0.717) is 18.9 Å². The van der Waals surface area contributed by atoms with E-state index in [-0.39, 0.29) is 18.0 Å². The summed E-state index contributed by atoms with van der Waals surface area (Å²) in [6.07, 6.45) is 0.216. The van der Waals surface area contributed by atoms with E-state index in [1.807, 2.05) is 54.6 Å². The lowest BCUT2D eigenvalue weighted by Crippen LogP contribution is -2.37. The van der Waals surface area contributed by atoms with E-state index in [0.717, 1.165) is 16.7 Å². The maximum Gasteiger partial charge on any atom is 0.306 e. The minimum atomic E-state index is -0.791. The first-order chi connectivity index (χ1) is 14.6. The van der Waals surface area contributed by atoms with E-state index in [4.69, 9.17) is 9.47 Å². The molecule has 1 aliphatic rings. The number of rotatable bonds is 7. The molecular weight excluding hydrogens is 372 g/mol. The summed E-state index contributed by atoms with van der Waals surface area (Å²) in [5.41, 5.74) is 2.36. The fraction of sp³-hybridized carbons (Fsp3) is 0.296. The average Bonchev–Trinajstić information content (AvgIpc) is 3.17. The van der Waals surface area contributed by atoms with Gasteiger partial charge < -0.3 is 9.47 Å². The summed E-state index contributed by atoms with van der Waals surface area (Å²) in [6.45, 7) is 4.62. The summed E-state index contributed by atoms with van der Waals surface area (Å²) in [4.78, 5) is 12.0. The Kier molecular flexibility index (Phi) is 6.01. The first-order valence-electron chi connectivity index (χ1n) is 10.6. The smallest absolute Gasteiger partial charge is 0.306 e. The van der Waals surface area contributed by atoms with Gasteiger partial charge in [0.05, 0.1) is 13.0 Å². The number of benzene rings is 3. The fourth-order valence-electron chi connectivity index (χ4n) is 4.43. The monoisotopic (exact) mass is 400 g/mol. The van der Waals surface area contributed by atoms with Crippen molar-refractivity contribution in [1.82, 2.24) is 0 Å². The molecule has 1 saturated heterocycles. The molecule has 0 aromatic heterocycles. The van der Waals surface area contributed by atoms with Crippen molar-refractivity contribution in [2.45, 2.75) is 32.0 Å². The van der Waals surface area contributed by atoms with Gasteiger partial charge in [-0.1, -0.05) is 105 Å². The van der Waals surface area contributed by atoms with Crippen molar-refractivity contribution in [3.63, 3.8) is 0 Å². The maximum atomic E-state index is 12.0. The summed E-state index contributed by atoms with van der Waals surface area (Å²) < 4.78 is 12.5. The highest BCUT2D eigenvalue weighted by Crippen LogP contribution is 2.41. The zero-order chi connectivity index (χ0) is 21.0. The highest BCUT2D eigenvalue weighted by molar-refractivity contribution is 5.72. The van der Waals surface area contributed by atoms with Crippen molar-refractivity contribution in [2.24, 2.45) is 11.8 Å². The lowest BCUT2D eigenvalue weighted by Gasteiger charge is -2.37. The van der Waals surface area contributed by atoms with Gasteiger partial charge in [0, 0.05) is 5.92 Å². The van der Waals surface area contributed by atoms with Crippen LogP contribution in [0.1, 0.15) is 37.0 Å². The van der Waals surface area contributed by atoms with E-state index in [1.54, 1.807) is 0 Å². The molecule has 1 aliphatic heterocycles. The molecule has 0 aliphatic carbocycles. The number of hydrogen-bond donors (Lipinski definition) is 0. The third kappa shape index (κ3) is 3.90. The summed E-state index contributed by atoms with van der Waals surface area (Å²) in [5, 5.41) is 0. The Morgan fingerprint density at radius 3 is 1.67 bits per heavy atom. The SMILES string of the molecule is CC(C)[C@H]1CC(=O)O[C@@H]1COC(c1ccccc1)(c1ccccc1)c1ccccc1. The van der Waals surface area contributed by atoms with Crippen molar-refractivity contribution in [1.29, 1.82) is 0 Å². The fourth-order valence-corrected chi connectivity index (χ4v) is 4.43.